The molecule has 2 fully saturated rings. The third-order valence-corrected chi connectivity index (χ3v) is 4.79. The summed E-state index contributed by atoms with van der Waals surface area (Å²) >= 11 is 6.01. The Morgan fingerprint density at radius 2 is 1.83 bits per heavy atom. The summed E-state index contributed by atoms with van der Waals surface area (Å²) in [7, 11) is 1.66. The van der Waals surface area contributed by atoms with Crippen molar-refractivity contribution in [1.29, 1.82) is 0 Å². The first-order chi connectivity index (χ1) is 11.7. The molecule has 2 aromatic rings. The van der Waals surface area contributed by atoms with E-state index in [2.05, 4.69) is 5.01 Å². The summed E-state index contributed by atoms with van der Waals surface area (Å²) in [4.78, 5) is 14.8. The minimum Gasteiger partial charge on any atom is -0.496 e. The van der Waals surface area contributed by atoms with Crippen LogP contribution in [0.5, 0.6) is 5.75 Å². The fourth-order valence-corrected chi connectivity index (χ4v) is 3.61. The molecule has 24 heavy (non-hydrogen) atoms. The summed E-state index contributed by atoms with van der Waals surface area (Å²) in [5, 5.41) is 4.60. The fourth-order valence-electron chi connectivity index (χ4n) is 3.49. The van der Waals surface area contributed by atoms with Gasteiger partial charge in [-0.3, -0.25) is 9.91 Å². The monoisotopic (exact) mass is 343 g/mol. The molecule has 0 spiro atoms. The van der Waals surface area contributed by atoms with Crippen molar-refractivity contribution >= 4 is 23.3 Å². The molecule has 0 saturated carbocycles. The summed E-state index contributed by atoms with van der Waals surface area (Å²) in [6.07, 6.45) is 0.767. The molecule has 124 valence electrons. The van der Waals surface area contributed by atoms with E-state index >= 15 is 0 Å². The number of hydrogen-bond donors (Lipinski definition) is 0. The van der Waals surface area contributed by atoms with Crippen molar-refractivity contribution in [2.24, 2.45) is 0 Å². The molecule has 2 aromatic carbocycles. The third kappa shape index (κ3) is 2.32. The van der Waals surface area contributed by atoms with Gasteiger partial charge in [0.1, 0.15) is 11.9 Å². The van der Waals surface area contributed by atoms with Gasteiger partial charge in [-0.25, -0.2) is 4.79 Å². The van der Waals surface area contributed by atoms with E-state index in [1.165, 1.54) is 0 Å². The van der Waals surface area contributed by atoms with Crippen molar-refractivity contribution in [3.05, 3.63) is 59.1 Å². The Morgan fingerprint density at radius 3 is 2.58 bits per heavy atom. The number of carbonyl (C=O) groups is 1. The van der Waals surface area contributed by atoms with Crippen molar-refractivity contribution in [2.75, 3.05) is 25.1 Å². The van der Waals surface area contributed by atoms with Crippen LogP contribution >= 0.6 is 11.6 Å². The van der Waals surface area contributed by atoms with Crippen LogP contribution in [-0.4, -0.2) is 36.2 Å². The van der Waals surface area contributed by atoms with Crippen LogP contribution < -0.4 is 9.64 Å². The minimum absolute atomic E-state index is 0.00858. The second-order valence-corrected chi connectivity index (χ2v) is 6.32. The van der Waals surface area contributed by atoms with Crippen LogP contribution in [0, 0.1) is 0 Å². The van der Waals surface area contributed by atoms with Gasteiger partial charge in [0.15, 0.2) is 0 Å². The number of carbonyl (C=O) groups excluding carboxylic acids is 1. The van der Waals surface area contributed by atoms with Gasteiger partial charge in [0.25, 0.3) is 0 Å². The SMILES string of the molecule is COc1ccccc1[C@H]1N(c2ccc(Cl)cc2)C(=O)N2CCCN12. The molecular weight excluding hydrogens is 326 g/mol. The molecule has 0 aliphatic carbocycles. The van der Waals surface area contributed by atoms with E-state index in [9.17, 15) is 4.79 Å². The van der Waals surface area contributed by atoms with Crippen molar-refractivity contribution in [2.45, 2.75) is 12.6 Å². The minimum atomic E-state index is -0.211. The number of fused-ring (bicyclic) bond motifs is 1. The fraction of sp³-hybridized carbons (Fsp3) is 0.278. The zero-order valence-electron chi connectivity index (χ0n) is 13.4. The maximum atomic E-state index is 13.0. The van der Waals surface area contributed by atoms with Crippen molar-refractivity contribution < 1.29 is 9.53 Å². The van der Waals surface area contributed by atoms with Crippen LogP contribution in [0.15, 0.2) is 48.5 Å². The van der Waals surface area contributed by atoms with E-state index in [-0.39, 0.29) is 12.2 Å². The van der Waals surface area contributed by atoms with Crippen LogP contribution in [0.25, 0.3) is 0 Å². The number of hydrazine groups is 1. The van der Waals surface area contributed by atoms with E-state index in [0.29, 0.717) is 5.02 Å². The van der Waals surface area contributed by atoms with Crippen molar-refractivity contribution in [1.82, 2.24) is 10.0 Å². The molecule has 2 saturated heterocycles. The average Bonchev–Trinajstić information content (AvgIpc) is 3.18. The first-order valence-electron chi connectivity index (χ1n) is 7.96. The quantitative estimate of drug-likeness (QED) is 0.847. The number of anilines is 1. The first kappa shape index (κ1) is 15.3. The lowest BCUT2D eigenvalue weighted by molar-refractivity contribution is 0.0718. The van der Waals surface area contributed by atoms with Gasteiger partial charge in [-0.1, -0.05) is 29.8 Å². The molecule has 2 heterocycles. The number of ether oxygens (including phenoxy) is 1. The lowest BCUT2D eigenvalue weighted by atomic mass is 10.1. The number of hydrogen-bond acceptors (Lipinski definition) is 3. The molecule has 5 nitrogen and oxygen atoms in total. The molecule has 2 aliphatic rings. The van der Waals surface area contributed by atoms with Gasteiger partial charge >= 0.3 is 6.03 Å². The highest BCUT2D eigenvalue weighted by molar-refractivity contribution is 6.30. The summed E-state index contributed by atoms with van der Waals surface area (Å²) in [5.41, 5.74) is 1.81. The predicted octanol–water partition coefficient (Wildman–Crippen LogP) is 3.91. The number of nitrogens with zero attached hydrogens (tertiary/aromatic N) is 3. The van der Waals surface area contributed by atoms with E-state index in [1.54, 1.807) is 7.11 Å². The van der Waals surface area contributed by atoms with Gasteiger partial charge in [0.2, 0.25) is 0 Å². The van der Waals surface area contributed by atoms with Crippen LogP contribution in [0.1, 0.15) is 18.2 Å². The zero-order valence-corrected chi connectivity index (χ0v) is 14.1. The van der Waals surface area contributed by atoms with E-state index in [4.69, 9.17) is 16.3 Å². The van der Waals surface area contributed by atoms with Crippen LogP contribution in [-0.2, 0) is 0 Å². The normalized spacial score (nSPS) is 20.6. The Kier molecular flexibility index (Phi) is 3.82. The standard InChI is InChI=1S/C18H18ClN3O2/c1-24-16-6-3-2-5-15(16)17-20-11-4-12-21(20)18(23)22(17)14-9-7-13(19)8-10-14/h2-3,5-10,17H,4,11-12H2,1H3/t17-/m1/s1. The highest BCUT2D eigenvalue weighted by atomic mass is 35.5. The smallest absolute Gasteiger partial charge is 0.340 e. The number of rotatable bonds is 3. The molecular formula is C18H18ClN3O2. The predicted molar refractivity (Wildman–Crippen MR) is 93.1 cm³/mol. The molecule has 4 rings (SSSR count). The number of amides is 2. The number of para-hydroxylation sites is 1. The number of urea groups is 1. The Labute approximate surface area is 145 Å². The number of halogens is 1. The molecule has 0 unspecified atom stereocenters. The third-order valence-electron chi connectivity index (χ3n) is 4.54. The van der Waals surface area contributed by atoms with Crippen molar-refractivity contribution in [3.63, 3.8) is 0 Å². The number of methoxy groups -OCH3 is 1. The molecule has 1 atom stereocenters. The molecule has 0 aromatic heterocycles. The van der Waals surface area contributed by atoms with Gasteiger partial charge in [-0.05, 0) is 36.8 Å². The maximum Gasteiger partial charge on any atom is 0.340 e. The zero-order chi connectivity index (χ0) is 16.7. The summed E-state index contributed by atoms with van der Waals surface area (Å²) < 4.78 is 5.54. The summed E-state index contributed by atoms with van der Waals surface area (Å²) in [6.45, 7) is 1.59. The second kappa shape index (κ2) is 6.00. The summed E-state index contributed by atoms with van der Waals surface area (Å²) in [5.74, 6) is 0.781. The van der Waals surface area contributed by atoms with Gasteiger partial charge < -0.3 is 4.74 Å². The van der Waals surface area contributed by atoms with Gasteiger partial charge in [0, 0.05) is 29.4 Å². The Balaban J connectivity index is 1.83. The molecule has 0 radical (unpaired) electrons. The Hall–Kier alpha value is -2.24. The second-order valence-electron chi connectivity index (χ2n) is 5.88. The lowest BCUT2D eigenvalue weighted by Crippen LogP contribution is -2.32. The Bertz CT molecular complexity index is 765. The number of benzene rings is 2. The van der Waals surface area contributed by atoms with Gasteiger partial charge in [-0.15, -0.1) is 0 Å². The highest BCUT2D eigenvalue weighted by Gasteiger charge is 2.48. The van der Waals surface area contributed by atoms with Gasteiger partial charge in [-0.2, -0.15) is 5.01 Å². The molecule has 0 N–H and O–H groups in total. The largest absolute Gasteiger partial charge is 0.496 e. The van der Waals surface area contributed by atoms with Crippen molar-refractivity contribution in [3.8, 4) is 5.75 Å². The first-order valence-corrected chi connectivity index (χ1v) is 8.34. The molecule has 2 aliphatic heterocycles. The topological polar surface area (TPSA) is 36.0 Å². The highest BCUT2D eigenvalue weighted by Crippen LogP contribution is 2.43. The average molecular weight is 344 g/mol. The summed E-state index contributed by atoms with van der Waals surface area (Å²) in [6, 6.07) is 15.2. The van der Waals surface area contributed by atoms with E-state index < -0.39 is 0 Å². The molecule has 2 amide bonds. The Morgan fingerprint density at radius 1 is 1.08 bits per heavy atom. The molecule has 0 bridgehead atoms. The van der Waals surface area contributed by atoms with Crippen LogP contribution in [0.4, 0.5) is 10.5 Å². The maximum absolute atomic E-state index is 13.0. The van der Waals surface area contributed by atoms with Gasteiger partial charge in [0.05, 0.1) is 7.11 Å². The van der Waals surface area contributed by atoms with Crippen LogP contribution in [0.2, 0.25) is 5.02 Å². The van der Waals surface area contributed by atoms with E-state index in [1.807, 2.05) is 58.4 Å². The van der Waals surface area contributed by atoms with Crippen LogP contribution in [0.3, 0.4) is 0 Å². The lowest BCUT2D eigenvalue weighted by Gasteiger charge is -2.29. The van der Waals surface area contributed by atoms with E-state index in [0.717, 1.165) is 36.5 Å². The molecule has 6 heteroatoms.